The summed E-state index contributed by atoms with van der Waals surface area (Å²) in [4.78, 5) is 32.3. The molecule has 1 saturated carbocycles. The van der Waals surface area contributed by atoms with Crippen LogP contribution in [0.3, 0.4) is 0 Å². The summed E-state index contributed by atoms with van der Waals surface area (Å²) in [6, 6.07) is 24.8. The maximum Gasteiger partial charge on any atom is 0.318 e. The monoisotopic (exact) mass is 764 g/mol. The second-order valence-corrected chi connectivity index (χ2v) is 17.1. The first-order valence-electron chi connectivity index (χ1n) is 19.5. The van der Waals surface area contributed by atoms with Crippen molar-refractivity contribution in [3.8, 4) is 11.5 Å². The summed E-state index contributed by atoms with van der Waals surface area (Å²) < 4.78 is 11.2. The van der Waals surface area contributed by atoms with Gasteiger partial charge in [-0.25, -0.2) is 4.79 Å². The fourth-order valence-corrected chi connectivity index (χ4v) is 9.51. The Morgan fingerprint density at radius 2 is 1.76 bits per heavy atom. The molecule has 9 heteroatoms. The number of carbonyl (C=O) groups is 2. The highest BCUT2D eigenvalue weighted by molar-refractivity contribution is 7.14. The van der Waals surface area contributed by atoms with Gasteiger partial charge in [-0.15, -0.1) is 11.3 Å². The standard InChI is InChI=1S/C46H56N2O6S/c1-30-11-10-23-45(4)40(38-20-16-33(25-36(49)18-14-30)26-39(38)43(50)42-21-15-31(2)55-42)22-24-46(45,52)29-48(28-35-17-19-37(53-5)27-41(35)54-6)44(51)47-32(3)34-12-8-7-9-13-34/h7-9,11-13,15-17,19-21,26-27,32,36,40,49,52H,10,14,18,22-25,28-29H2,1-6H3,(H,47,51)/t32-,36+,40+,45+,46-/m1/s1. The van der Waals surface area contributed by atoms with Gasteiger partial charge in [0.1, 0.15) is 11.5 Å². The molecule has 3 aliphatic rings. The van der Waals surface area contributed by atoms with Gasteiger partial charge in [0, 0.05) is 27.5 Å². The summed E-state index contributed by atoms with van der Waals surface area (Å²) in [5.41, 5.74) is 3.41. The van der Waals surface area contributed by atoms with Crippen LogP contribution in [0.5, 0.6) is 11.5 Å². The van der Waals surface area contributed by atoms with Crippen LogP contribution in [-0.4, -0.2) is 59.4 Å². The normalized spacial score (nSPS) is 23.2. The van der Waals surface area contributed by atoms with Gasteiger partial charge in [0.05, 0.1) is 49.9 Å². The quantitative estimate of drug-likeness (QED) is 0.110. The first kappa shape index (κ1) is 40.2. The SMILES string of the molecule is COc1ccc(CN(C[C@]2(O)CC[C@H]3c4ccc(cc4C(=O)c4ccc(C)s4)C[C@@H](O)CCC(C)=CCC[C@@]32C)C(=O)N[C@H](C)c2ccccc2)c(OC)c1. The van der Waals surface area contributed by atoms with Gasteiger partial charge in [-0.1, -0.05) is 61.0 Å². The number of ether oxygens (including phenoxy) is 2. The van der Waals surface area contributed by atoms with Crippen molar-refractivity contribution >= 4 is 23.2 Å². The summed E-state index contributed by atoms with van der Waals surface area (Å²) >= 11 is 1.48. The molecule has 0 spiro atoms. The van der Waals surface area contributed by atoms with Gasteiger partial charge >= 0.3 is 6.03 Å². The molecule has 5 atom stereocenters. The molecule has 0 aliphatic heterocycles. The number of aliphatic hydroxyl groups excluding tert-OH is 1. The van der Waals surface area contributed by atoms with Gasteiger partial charge in [0.15, 0.2) is 0 Å². The van der Waals surface area contributed by atoms with Crippen LogP contribution in [-0.2, 0) is 13.0 Å². The van der Waals surface area contributed by atoms with Gasteiger partial charge < -0.3 is 29.9 Å². The summed E-state index contributed by atoms with van der Waals surface area (Å²) in [6.45, 7) is 8.49. The number of ketones is 1. The third-order valence-corrected chi connectivity index (χ3v) is 13.1. The maximum atomic E-state index is 14.5. The highest BCUT2D eigenvalue weighted by atomic mass is 32.1. The Labute approximate surface area is 330 Å². The van der Waals surface area contributed by atoms with Crippen molar-refractivity contribution in [2.45, 2.75) is 103 Å². The smallest absolute Gasteiger partial charge is 0.318 e. The number of carbonyl (C=O) groups excluding carboxylic acids is 2. The predicted molar refractivity (Wildman–Crippen MR) is 219 cm³/mol. The molecule has 2 amide bonds. The lowest BCUT2D eigenvalue weighted by Gasteiger charge is -2.46. The van der Waals surface area contributed by atoms with E-state index in [4.69, 9.17) is 9.47 Å². The van der Waals surface area contributed by atoms with Crippen molar-refractivity contribution < 1.29 is 29.3 Å². The largest absolute Gasteiger partial charge is 0.497 e. The van der Waals surface area contributed by atoms with Crippen LogP contribution in [0.25, 0.3) is 0 Å². The van der Waals surface area contributed by atoms with Gasteiger partial charge in [0.25, 0.3) is 0 Å². The number of nitrogens with one attached hydrogen (secondary N) is 1. The molecule has 0 saturated heterocycles. The molecule has 55 heavy (non-hydrogen) atoms. The number of hydrogen-bond acceptors (Lipinski definition) is 7. The number of rotatable bonds is 10. The molecule has 1 heterocycles. The van der Waals surface area contributed by atoms with Crippen molar-refractivity contribution in [1.82, 2.24) is 10.2 Å². The Bertz CT molecular complexity index is 2010. The predicted octanol–water partition coefficient (Wildman–Crippen LogP) is 9.32. The number of allylic oxidation sites excluding steroid dienone is 2. The van der Waals surface area contributed by atoms with Crippen LogP contribution >= 0.6 is 11.3 Å². The van der Waals surface area contributed by atoms with E-state index in [1.54, 1.807) is 19.1 Å². The zero-order chi connectivity index (χ0) is 39.3. The fourth-order valence-electron chi connectivity index (χ4n) is 8.69. The number of fused-ring (bicyclic) bond motifs is 8. The molecule has 1 aromatic heterocycles. The van der Waals surface area contributed by atoms with Gasteiger partial charge in [0.2, 0.25) is 5.78 Å². The zero-order valence-electron chi connectivity index (χ0n) is 33.1. The second-order valence-electron chi connectivity index (χ2n) is 15.8. The van der Waals surface area contributed by atoms with E-state index in [9.17, 15) is 19.8 Å². The third-order valence-electron chi connectivity index (χ3n) is 12.1. The Balaban J connectivity index is 1.42. The number of nitrogens with zero attached hydrogens (tertiary/aromatic N) is 1. The lowest BCUT2D eigenvalue weighted by molar-refractivity contribution is -0.0781. The number of urea groups is 1. The molecule has 0 radical (unpaired) electrons. The number of methoxy groups -OCH3 is 2. The van der Waals surface area contributed by atoms with E-state index >= 15 is 0 Å². The van der Waals surface area contributed by atoms with E-state index in [0.717, 1.165) is 33.6 Å². The number of amides is 2. The topological polar surface area (TPSA) is 108 Å². The average Bonchev–Trinajstić information content (AvgIpc) is 3.73. The van der Waals surface area contributed by atoms with E-state index in [2.05, 4.69) is 31.3 Å². The Kier molecular flexibility index (Phi) is 12.5. The number of aliphatic hydroxyl groups is 2. The van der Waals surface area contributed by atoms with Crippen LogP contribution in [0.1, 0.15) is 114 Å². The molecule has 3 aliphatic carbocycles. The molecular weight excluding hydrogens is 709 g/mol. The number of hydrogen-bond donors (Lipinski definition) is 3. The Morgan fingerprint density at radius 3 is 2.47 bits per heavy atom. The molecule has 1 fully saturated rings. The van der Waals surface area contributed by atoms with Gasteiger partial charge in [-0.3, -0.25) is 4.79 Å². The van der Waals surface area contributed by atoms with E-state index in [0.29, 0.717) is 60.5 Å². The van der Waals surface area contributed by atoms with Crippen molar-refractivity contribution in [1.29, 1.82) is 0 Å². The molecule has 7 rings (SSSR count). The lowest BCUT2D eigenvalue weighted by Crippen LogP contribution is -2.55. The lowest BCUT2D eigenvalue weighted by atomic mass is 9.64. The number of aryl methyl sites for hydroxylation is 1. The van der Waals surface area contributed by atoms with Crippen molar-refractivity contribution in [2.24, 2.45) is 5.41 Å². The fraction of sp³-hybridized carbons (Fsp3) is 0.435. The molecule has 292 valence electrons. The molecule has 3 N–H and O–H groups in total. The second kappa shape index (κ2) is 17.1. The summed E-state index contributed by atoms with van der Waals surface area (Å²) in [5.74, 6) is 1.03. The molecular formula is C46H56N2O6S. The molecule has 8 nitrogen and oxygen atoms in total. The van der Waals surface area contributed by atoms with Crippen LogP contribution < -0.4 is 14.8 Å². The van der Waals surface area contributed by atoms with Crippen LogP contribution in [0, 0.1) is 12.3 Å². The summed E-state index contributed by atoms with van der Waals surface area (Å²) in [6.07, 6.45) is 6.01. The average molecular weight is 765 g/mol. The van der Waals surface area contributed by atoms with E-state index in [1.165, 1.54) is 16.9 Å². The molecule has 2 bridgehead atoms. The third kappa shape index (κ3) is 8.85. The van der Waals surface area contributed by atoms with Crippen LogP contribution in [0.15, 0.2) is 90.5 Å². The van der Waals surface area contributed by atoms with E-state index in [1.807, 2.05) is 86.6 Å². The highest BCUT2D eigenvalue weighted by Crippen LogP contribution is 2.59. The van der Waals surface area contributed by atoms with Crippen molar-refractivity contribution in [3.05, 3.63) is 128 Å². The summed E-state index contributed by atoms with van der Waals surface area (Å²) in [5, 5.41) is 27.4. The van der Waals surface area contributed by atoms with Crippen molar-refractivity contribution in [3.63, 3.8) is 0 Å². The van der Waals surface area contributed by atoms with Crippen molar-refractivity contribution in [2.75, 3.05) is 20.8 Å². The number of thiophene rings is 1. The Morgan fingerprint density at radius 1 is 0.982 bits per heavy atom. The molecule has 0 unspecified atom stereocenters. The zero-order valence-corrected chi connectivity index (χ0v) is 33.9. The minimum absolute atomic E-state index is 0.0347. The minimum Gasteiger partial charge on any atom is -0.497 e. The van der Waals surface area contributed by atoms with Crippen LogP contribution in [0.4, 0.5) is 4.79 Å². The summed E-state index contributed by atoms with van der Waals surface area (Å²) in [7, 11) is 3.20. The minimum atomic E-state index is -1.31. The molecule has 3 aromatic carbocycles. The Hall–Kier alpha value is -4.44. The molecule has 4 aromatic rings. The number of benzene rings is 3. The van der Waals surface area contributed by atoms with Crippen LogP contribution in [0.2, 0.25) is 0 Å². The van der Waals surface area contributed by atoms with E-state index in [-0.39, 0.29) is 36.9 Å². The maximum absolute atomic E-state index is 14.5. The first-order chi connectivity index (χ1) is 26.3. The highest BCUT2D eigenvalue weighted by Gasteiger charge is 2.57. The van der Waals surface area contributed by atoms with Gasteiger partial charge in [-0.05, 0) is 119 Å². The van der Waals surface area contributed by atoms with E-state index < -0.39 is 17.1 Å². The first-order valence-corrected chi connectivity index (χ1v) is 20.3. The van der Waals surface area contributed by atoms with Gasteiger partial charge in [-0.2, -0.15) is 0 Å².